The molecule has 1 heterocycles. The molecule has 112 valence electrons. The Kier molecular flexibility index (Phi) is 4.04. The summed E-state index contributed by atoms with van der Waals surface area (Å²) in [6.07, 6.45) is 2.31. The van der Waals surface area contributed by atoms with Crippen molar-refractivity contribution < 1.29 is 9.84 Å². The number of rotatable bonds is 4. The first-order valence-corrected chi connectivity index (χ1v) is 8.03. The smallest absolute Gasteiger partial charge is 0.131 e. The third-order valence-corrected chi connectivity index (χ3v) is 4.95. The van der Waals surface area contributed by atoms with Gasteiger partial charge in [-0.25, -0.2) is 0 Å². The van der Waals surface area contributed by atoms with Gasteiger partial charge in [0, 0.05) is 7.05 Å². The van der Waals surface area contributed by atoms with Gasteiger partial charge in [-0.15, -0.1) is 0 Å². The number of hydrogen-bond acceptors (Lipinski definition) is 3. The van der Waals surface area contributed by atoms with Crippen LogP contribution >= 0.6 is 15.9 Å². The number of hydrogen-bond donors (Lipinski definition) is 1. The van der Waals surface area contributed by atoms with Crippen LogP contribution in [0.5, 0.6) is 5.75 Å². The van der Waals surface area contributed by atoms with Crippen LogP contribution in [0.15, 0.2) is 22.7 Å². The first-order chi connectivity index (χ1) is 10.1. The number of aryl methyl sites for hydroxylation is 3. The number of aliphatic hydroxyl groups is 1. The van der Waals surface area contributed by atoms with Crippen LogP contribution in [0.2, 0.25) is 0 Å². The van der Waals surface area contributed by atoms with Crippen molar-refractivity contribution in [2.45, 2.75) is 38.9 Å². The SMILES string of the molecule is CCc1nn(C)c(COc2ccc3c(c2)CC[C@@H]3O)c1Br. The Hall–Kier alpha value is -1.33. The van der Waals surface area contributed by atoms with Gasteiger partial charge in [0.1, 0.15) is 12.4 Å². The number of ether oxygens (including phenoxy) is 1. The van der Waals surface area contributed by atoms with E-state index < -0.39 is 0 Å². The van der Waals surface area contributed by atoms with E-state index in [4.69, 9.17) is 4.74 Å². The second-order valence-corrected chi connectivity index (χ2v) is 6.18. The van der Waals surface area contributed by atoms with Gasteiger partial charge >= 0.3 is 0 Å². The van der Waals surface area contributed by atoms with Crippen molar-refractivity contribution in [1.82, 2.24) is 9.78 Å². The van der Waals surface area contributed by atoms with Crippen molar-refractivity contribution in [2.75, 3.05) is 0 Å². The highest BCUT2D eigenvalue weighted by Crippen LogP contribution is 2.33. The average molecular weight is 351 g/mol. The first-order valence-electron chi connectivity index (χ1n) is 7.24. The van der Waals surface area contributed by atoms with E-state index in [9.17, 15) is 5.11 Å². The van der Waals surface area contributed by atoms with Crippen LogP contribution in [-0.2, 0) is 26.5 Å². The van der Waals surface area contributed by atoms with Gasteiger partial charge in [-0.3, -0.25) is 4.68 Å². The summed E-state index contributed by atoms with van der Waals surface area (Å²) < 4.78 is 8.79. The van der Waals surface area contributed by atoms with Gasteiger partial charge in [0.15, 0.2) is 0 Å². The fourth-order valence-corrected chi connectivity index (χ4v) is 3.52. The van der Waals surface area contributed by atoms with Crippen LogP contribution in [0.4, 0.5) is 0 Å². The zero-order chi connectivity index (χ0) is 15.0. The quantitative estimate of drug-likeness (QED) is 0.920. The zero-order valence-electron chi connectivity index (χ0n) is 12.3. The molecule has 0 amide bonds. The topological polar surface area (TPSA) is 47.3 Å². The molecule has 3 rings (SSSR count). The molecular formula is C16H19BrN2O2. The van der Waals surface area contributed by atoms with E-state index in [1.54, 1.807) is 0 Å². The van der Waals surface area contributed by atoms with Gasteiger partial charge in [0.05, 0.1) is 22.0 Å². The standard InChI is InChI=1S/C16H19BrN2O2/c1-3-13-16(17)14(19(2)18-13)9-21-11-5-6-12-10(8-11)4-7-15(12)20/h5-6,8,15,20H,3-4,7,9H2,1-2H3/t15-/m0/s1. The molecule has 1 aromatic heterocycles. The van der Waals surface area contributed by atoms with Crippen molar-refractivity contribution in [3.8, 4) is 5.75 Å². The number of fused-ring (bicyclic) bond motifs is 1. The molecule has 0 spiro atoms. The lowest BCUT2D eigenvalue weighted by Gasteiger charge is -2.09. The van der Waals surface area contributed by atoms with Crippen LogP contribution in [0.25, 0.3) is 0 Å². The lowest BCUT2D eigenvalue weighted by atomic mass is 10.1. The molecule has 0 unspecified atom stereocenters. The summed E-state index contributed by atoms with van der Waals surface area (Å²) in [5.41, 5.74) is 4.32. The van der Waals surface area contributed by atoms with Gasteiger partial charge in [-0.05, 0) is 58.5 Å². The Morgan fingerprint density at radius 3 is 3.00 bits per heavy atom. The Labute approximate surface area is 132 Å². The zero-order valence-corrected chi connectivity index (χ0v) is 13.9. The van der Waals surface area contributed by atoms with Gasteiger partial charge in [0.25, 0.3) is 0 Å². The molecule has 1 N–H and O–H groups in total. The summed E-state index contributed by atoms with van der Waals surface area (Å²) in [5, 5.41) is 14.3. The summed E-state index contributed by atoms with van der Waals surface area (Å²) in [6.45, 7) is 2.56. The molecule has 21 heavy (non-hydrogen) atoms. The Morgan fingerprint density at radius 2 is 2.29 bits per heavy atom. The van der Waals surface area contributed by atoms with E-state index >= 15 is 0 Å². The van der Waals surface area contributed by atoms with Gasteiger partial charge < -0.3 is 9.84 Å². The van der Waals surface area contributed by atoms with Crippen LogP contribution < -0.4 is 4.74 Å². The Balaban J connectivity index is 1.75. The monoisotopic (exact) mass is 350 g/mol. The number of aromatic nitrogens is 2. The summed E-state index contributed by atoms with van der Waals surface area (Å²) in [5.74, 6) is 0.842. The maximum absolute atomic E-state index is 9.82. The fourth-order valence-electron chi connectivity index (χ4n) is 2.79. The Bertz CT molecular complexity index is 667. The molecule has 5 heteroatoms. The molecule has 1 atom stereocenters. The van der Waals surface area contributed by atoms with Crippen LogP contribution in [0.3, 0.4) is 0 Å². The molecule has 1 aromatic carbocycles. The highest BCUT2D eigenvalue weighted by molar-refractivity contribution is 9.10. The van der Waals surface area contributed by atoms with Gasteiger partial charge in [-0.1, -0.05) is 13.0 Å². The fraction of sp³-hybridized carbons (Fsp3) is 0.438. The van der Waals surface area contributed by atoms with Crippen LogP contribution in [0.1, 0.15) is 42.0 Å². The molecule has 0 bridgehead atoms. The van der Waals surface area contributed by atoms with E-state index in [-0.39, 0.29) is 6.10 Å². The minimum Gasteiger partial charge on any atom is -0.487 e. The van der Waals surface area contributed by atoms with Crippen molar-refractivity contribution in [3.05, 3.63) is 45.2 Å². The van der Waals surface area contributed by atoms with Crippen molar-refractivity contribution in [1.29, 1.82) is 0 Å². The molecule has 0 saturated carbocycles. The summed E-state index contributed by atoms with van der Waals surface area (Å²) in [7, 11) is 1.93. The molecule has 4 nitrogen and oxygen atoms in total. The molecule has 0 radical (unpaired) electrons. The second-order valence-electron chi connectivity index (χ2n) is 5.39. The minimum atomic E-state index is -0.313. The predicted molar refractivity (Wildman–Crippen MR) is 84.3 cm³/mol. The van der Waals surface area contributed by atoms with E-state index in [0.29, 0.717) is 6.61 Å². The van der Waals surface area contributed by atoms with Gasteiger partial charge in [0.2, 0.25) is 0 Å². The summed E-state index contributed by atoms with van der Waals surface area (Å²) in [6, 6.07) is 5.94. The van der Waals surface area contributed by atoms with E-state index in [0.717, 1.165) is 46.4 Å². The average Bonchev–Trinajstić information content (AvgIpc) is 2.98. The predicted octanol–water partition coefficient (Wildman–Crippen LogP) is 3.30. The van der Waals surface area contributed by atoms with E-state index in [1.807, 2.05) is 29.9 Å². The highest BCUT2D eigenvalue weighted by atomic mass is 79.9. The van der Waals surface area contributed by atoms with Crippen LogP contribution in [-0.4, -0.2) is 14.9 Å². The molecule has 1 aliphatic rings. The third kappa shape index (κ3) is 2.72. The molecular weight excluding hydrogens is 332 g/mol. The maximum Gasteiger partial charge on any atom is 0.131 e. The largest absolute Gasteiger partial charge is 0.487 e. The van der Waals surface area contributed by atoms with E-state index in [1.165, 1.54) is 5.56 Å². The van der Waals surface area contributed by atoms with Crippen molar-refractivity contribution in [2.24, 2.45) is 7.05 Å². The molecule has 1 aliphatic carbocycles. The first kappa shape index (κ1) is 14.6. The number of halogens is 1. The number of aliphatic hydroxyl groups excluding tert-OH is 1. The normalized spacial score (nSPS) is 17.0. The molecule has 2 aromatic rings. The summed E-state index contributed by atoms with van der Waals surface area (Å²) in [4.78, 5) is 0. The highest BCUT2D eigenvalue weighted by Gasteiger charge is 2.20. The second kappa shape index (κ2) is 5.81. The van der Waals surface area contributed by atoms with Gasteiger partial charge in [-0.2, -0.15) is 5.10 Å². The Morgan fingerprint density at radius 1 is 1.48 bits per heavy atom. The molecule has 0 fully saturated rings. The van der Waals surface area contributed by atoms with E-state index in [2.05, 4.69) is 28.0 Å². The lowest BCUT2D eigenvalue weighted by molar-refractivity contribution is 0.180. The lowest BCUT2D eigenvalue weighted by Crippen LogP contribution is -2.04. The maximum atomic E-state index is 9.82. The third-order valence-electron chi connectivity index (χ3n) is 4.04. The molecule has 0 saturated heterocycles. The minimum absolute atomic E-state index is 0.313. The number of benzene rings is 1. The van der Waals surface area contributed by atoms with Crippen molar-refractivity contribution in [3.63, 3.8) is 0 Å². The van der Waals surface area contributed by atoms with Crippen LogP contribution in [0, 0.1) is 0 Å². The molecule has 0 aliphatic heterocycles. The van der Waals surface area contributed by atoms with Crippen molar-refractivity contribution >= 4 is 15.9 Å². The number of nitrogens with zero attached hydrogens (tertiary/aromatic N) is 2. The summed E-state index contributed by atoms with van der Waals surface area (Å²) >= 11 is 3.60.